The Hall–Kier alpha value is -1.59. The Morgan fingerprint density at radius 2 is 2.21 bits per heavy atom. The first-order chi connectivity index (χ1) is 6.45. The second-order valence-electron chi connectivity index (χ2n) is 2.53. The van der Waals surface area contributed by atoms with Crippen molar-refractivity contribution in [2.75, 3.05) is 11.9 Å². The van der Waals surface area contributed by atoms with E-state index in [4.69, 9.17) is 0 Å². The lowest BCUT2D eigenvalue weighted by molar-refractivity contribution is -0.141. The molecule has 6 heteroatoms. The second-order valence-corrected chi connectivity index (χ2v) is 2.53. The third kappa shape index (κ3) is 2.21. The van der Waals surface area contributed by atoms with E-state index in [-0.39, 0.29) is 5.69 Å². The molecular formula is C8H6F3N2O. The highest BCUT2D eigenvalue weighted by molar-refractivity contribution is 5.73. The molecule has 1 amide bonds. The third-order valence-corrected chi connectivity index (χ3v) is 1.51. The predicted octanol–water partition coefficient (Wildman–Crippen LogP) is 1.49. The van der Waals surface area contributed by atoms with Crippen molar-refractivity contribution >= 4 is 12.1 Å². The van der Waals surface area contributed by atoms with Gasteiger partial charge in [0.2, 0.25) is 6.41 Å². The summed E-state index contributed by atoms with van der Waals surface area (Å²) in [6.45, 7) is 0. The molecule has 0 fully saturated rings. The number of hydrogen-bond donors (Lipinski definition) is 0. The van der Waals surface area contributed by atoms with Crippen LogP contribution in [0.5, 0.6) is 0 Å². The molecule has 1 radical (unpaired) electrons. The molecule has 0 spiro atoms. The monoisotopic (exact) mass is 203 g/mol. The number of hydrogen-bond acceptors (Lipinski definition) is 2. The highest BCUT2D eigenvalue weighted by Crippen LogP contribution is 2.27. The lowest BCUT2D eigenvalue weighted by Crippen LogP contribution is -2.15. The molecular weight excluding hydrogens is 197 g/mol. The van der Waals surface area contributed by atoms with Gasteiger partial charge in [-0.05, 0) is 6.07 Å². The average Bonchev–Trinajstić information content (AvgIpc) is 2.15. The van der Waals surface area contributed by atoms with E-state index < -0.39 is 11.9 Å². The van der Waals surface area contributed by atoms with Gasteiger partial charge in [0.15, 0.2) is 0 Å². The summed E-state index contributed by atoms with van der Waals surface area (Å²) in [6.07, 6.45) is -3.08. The van der Waals surface area contributed by atoms with Gasteiger partial charge in [-0.15, -0.1) is 0 Å². The first-order valence-electron chi connectivity index (χ1n) is 3.58. The summed E-state index contributed by atoms with van der Waals surface area (Å²) in [5, 5.41) is 0. The van der Waals surface area contributed by atoms with Crippen molar-refractivity contribution in [1.82, 2.24) is 4.98 Å². The van der Waals surface area contributed by atoms with E-state index in [1.54, 1.807) is 0 Å². The number of halogens is 3. The van der Waals surface area contributed by atoms with E-state index in [1.807, 2.05) is 0 Å². The van der Waals surface area contributed by atoms with Gasteiger partial charge in [-0.25, -0.2) is 4.98 Å². The van der Waals surface area contributed by atoms with Crippen LogP contribution in [0.4, 0.5) is 18.9 Å². The maximum Gasteiger partial charge on any atom is 0.433 e. The van der Waals surface area contributed by atoms with Crippen molar-refractivity contribution in [2.24, 2.45) is 0 Å². The number of alkyl halides is 3. The molecule has 0 N–H and O–H groups in total. The van der Waals surface area contributed by atoms with Crippen LogP contribution in [0.1, 0.15) is 5.69 Å². The first-order valence-corrected chi connectivity index (χ1v) is 3.58. The zero-order valence-corrected chi connectivity index (χ0v) is 7.17. The molecule has 0 saturated heterocycles. The summed E-state index contributed by atoms with van der Waals surface area (Å²) in [5.41, 5.74) is -0.839. The fourth-order valence-electron chi connectivity index (χ4n) is 0.752. The predicted molar refractivity (Wildman–Crippen MR) is 42.5 cm³/mol. The number of nitrogens with zero attached hydrogens (tertiary/aromatic N) is 2. The van der Waals surface area contributed by atoms with E-state index in [1.165, 1.54) is 7.05 Å². The first kappa shape index (κ1) is 10.5. The summed E-state index contributed by atoms with van der Waals surface area (Å²) in [6, 6.07) is 3.01. The van der Waals surface area contributed by atoms with Gasteiger partial charge in [-0.2, -0.15) is 13.2 Å². The van der Waals surface area contributed by atoms with Crippen LogP contribution in [0.2, 0.25) is 0 Å². The standard InChI is InChI=1S/C8H6F3N2O/c1-13(5-14)6-2-3-7(12-4-6)8(9,10)11/h3-5H,1H3. The SMILES string of the molecule is CN(C=O)c1[c]cc(C(F)(F)F)nc1. The highest BCUT2D eigenvalue weighted by Gasteiger charge is 2.32. The Labute approximate surface area is 78.2 Å². The quantitative estimate of drug-likeness (QED) is 0.682. The Morgan fingerprint density at radius 3 is 2.57 bits per heavy atom. The normalized spacial score (nSPS) is 11.1. The number of anilines is 1. The van der Waals surface area contributed by atoms with Crippen LogP contribution in [0.25, 0.3) is 0 Å². The average molecular weight is 203 g/mol. The third-order valence-electron chi connectivity index (χ3n) is 1.51. The number of carbonyl (C=O) groups is 1. The van der Waals surface area contributed by atoms with Crippen LogP contribution in [0, 0.1) is 6.07 Å². The molecule has 14 heavy (non-hydrogen) atoms. The summed E-state index contributed by atoms with van der Waals surface area (Å²) in [5.74, 6) is 0. The molecule has 0 aliphatic rings. The molecule has 0 saturated carbocycles. The molecule has 0 aliphatic carbocycles. The number of rotatable bonds is 2. The van der Waals surface area contributed by atoms with Crippen LogP contribution in [-0.4, -0.2) is 18.4 Å². The number of pyridine rings is 1. The Kier molecular flexibility index (Phi) is 2.73. The zero-order chi connectivity index (χ0) is 10.8. The summed E-state index contributed by atoms with van der Waals surface area (Å²) < 4.78 is 36.1. The van der Waals surface area contributed by atoms with Crippen molar-refractivity contribution in [1.29, 1.82) is 0 Å². The molecule has 1 heterocycles. The summed E-state index contributed by atoms with van der Waals surface area (Å²) >= 11 is 0. The van der Waals surface area contributed by atoms with Gasteiger partial charge in [0.1, 0.15) is 5.69 Å². The summed E-state index contributed by atoms with van der Waals surface area (Å²) in [4.78, 5) is 14.5. The molecule has 1 aromatic rings. The number of aromatic nitrogens is 1. The van der Waals surface area contributed by atoms with Gasteiger partial charge in [0.05, 0.1) is 11.9 Å². The molecule has 1 aromatic heterocycles. The van der Waals surface area contributed by atoms with E-state index in [2.05, 4.69) is 11.1 Å². The molecule has 1 rings (SSSR count). The molecule has 0 aromatic carbocycles. The second kappa shape index (κ2) is 3.65. The maximum absolute atomic E-state index is 12.0. The Morgan fingerprint density at radius 1 is 1.57 bits per heavy atom. The zero-order valence-electron chi connectivity index (χ0n) is 7.17. The van der Waals surface area contributed by atoms with Crippen molar-refractivity contribution in [3.8, 4) is 0 Å². The van der Waals surface area contributed by atoms with Crippen LogP contribution in [0.3, 0.4) is 0 Å². The fourth-order valence-corrected chi connectivity index (χ4v) is 0.752. The van der Waals surface area contributed by atoms with Crippen LogP contribution in [0.15, 0.2) is 12.3 Å². The van der Waals surface area contributed by atoms with Crippen molar-refractivity contribution in [2.45, 2.75) is 6.18 Å². The van der Waals surface area contributed by atoms with E-state index in [9.17, 15) is 18.0 Å². The topological polar surface area (TPSA) is 33.2 Å². The fraction of sp³-hybridized carbons (Fsp3) is 0.250. The van der Waals surface area contributed by atoms with Gasteiger partial charge in [-0.3, -0.25) is 4.79 Å². The molecule has 0 unspecified atom stereocenters. The maximum atomic E-state index is 12.0. The van der Waals surface area contributed by atoms with E-state index >= 15 is 0 Å². The minimum absolute atomic E-state index is 0.188. The molecule has 75 valence electrons. The van der Waals surface area contributed by atoms with Gasteiger partial charge in [-0.1, -0.05) is 0 Å². The lowest BCUT2D eigenvalue weighted by atomic mass is 10.3. The molecule has 0 bridgehead atoms. The van der Waals surface area contributed by atoms with Gasteiger partial charge < -0.3 is 4.90 Å². The van der Waals surface area contributed by atoms with Crippen molar-refractivity contribution in [3.05, 3.63) is 24.0 Å². The van der Waals surface area contributed by atoms with Crippen LogP contribution < -0.4 is 4.90 Å². The smallest absolute Gasteiger partial charge is 0.316 e. The lowest BCUT2D eigenvalue weighted by Gasteiger charge is -2.10. The molecule has 0 atom stereocenters. The number of carbonyl (C=O) groups excluding carboxylic acids is 1. The number of amides is 1. The minimum atomic E-state index is -4.48. The van der Waals surface area contributed by atoms with Crippen molar-refractivity contribution in [3.63, 3.8) is 0 Å². The van der Waals surface area contributed by atoms with Crippen molar-refractivity contribution < 1.29 is 18.0 Å². The van der Waals surface area contributed by atoms with Crippen LogP contribution in [-0.2, 0) is 11.0 Å². The van der Waals surface area contributed by atoms with E-state index in [0.29, 0.717) is 12.5 Å². The van der Waals surface area contributed by atoms with Gasteiger partial charge >= 0.3 is 6.18 Å². The van der Waals surface area contributed by atoms with E-state index in [0.717, 1.165) is 11.1 Å². The Balaban J connectivity index is 2.95. The highest BCUT2D eigenvalue weighted by atomic mass is 19.4. The molecule has 0 aliphatic heterocycles. The summed E-state index contributed by atoms with van der Waals surface area (Å²) in [7, 11) is 1.40. The van der Waals surface area contributed by atoms with Gasteiger partial charge in [0.25, 0.3) is 0 Å². The molecule has 3 nitrogen and oxygen atoms in total. The van der Waals surface area contributed by atoms with Crippen LogP contribution >= 0.6 is 0 Å². The largest absolute Gasteiger partial charge is 0.433 e. The van der Waals surface area contributed by atoms with Gasteiger partial charge in [0, 0.05) is 13.1 Å². The minimum Gasteiger partial charge on any atom is -0.316 e. The Bertz CT molecular complexity index is 320.